The zero-order valence-corrected chi connectivity index (χ0v) is 12.3. The van der Waals surface area contributed by atoms with E-state index in [1.807, 2.05) is 18.2 Å². The van der Waals surface area contributed by atoms with Gasteiger partial charge in [-0.05, 0) is 47.6 Å². The maximum absolute atomic E-state index is 6.26. The van der Waals surface area contributed by atoms with Crippen LogP contribution in [0.25, 0.3) is 0 Å². The fourth-order valence-corrected chi connectivity index (χ4v) is 3.67. The quantitative estimate of drug-likeness (QED) is 0.657. The molecule has 0 fully saturated rings. The van der Waals surface area contributed by atoms with E-state index in [0.717, 1.165) is 10.6 Å². The molecule has 0 nitrogen and oxygen atoms in total. The molecule has 1 unspecified atom stereocenters. The molecule has 0 spiro atoms. The van der Waals surface area contributed by atoms with Gasteiger partial charge in [0.2, 0.25) is 0 Å². The average Bonchev–Trinajstić information content (AvgIpc) is 2.85. The highest BCUT2D eigenvalue weighted by atomic mass is 79.9. The second-order valence-corrected chi connectivity index (χ2v) is 6.09. The van der Waals surface area contributed by atoms with Crippen LogP contribution in [0.3, 0.4) is 0 Å². The summed E-state index contributed by atoms with van der Waals surface area (Å²) in [5.41, 5.74) is 5.45. The standard InChI is InChI=1S/C16H14BrCl/c17-16(14-6-1-2-7-15(14)18)13-9-8-11-4-3-5-12(11)10-13/h1-2,6-10,16H,3-5H2. The van der Waals surface area contributed by atoms with Crippen molar-refractivity contribution >= 4 is 27.5 Å². The maximum Gasteiger partial charge on any atom is 0.0659 e. The Morgan fingerprint density at radius 3 is 2.61 bits per heavy atom. The summed E-state index contributed by atoms with van der Waals surface area (Å²) in [7, 11) is 0. The Kier molecular flexibility index (Phi) is 3.45. The summed E-state index contributed by atoms with van der Waals surface area (Å²) in [5.74, 6) is 0. The van der Waals surface area contributed by atoms with E-state index in [0.29, 0.717) is 0 Å². The fraction of sp³-hybridized carbons (Fsp3) is 0.250. The van der Waals surface area contributed by atoms with E-state index in [4.69, 9.17) is 11.6 Å². The Hall–Kier alpha value is -0.790. The smallest absolute Gasteiger partial charge is 0.0659 e. The van der Waals surface area contributed by atoms with Crippen molar-refractivity contribution in [2.75, 3.05) is 0 Å². The summed E-state index contributed by atoms with van der Waals surface area (Å²) in [6.07, 6.45) is 3.73. The summed E-state index contributed by atoms with van der Waals surface area (Å²) in [6, 6.07) is 14.8. The monoisotopic (exact) mass is 320 g/mol. The lowest BCUT2D eigenvalue weighted by atomic mass is 10.0. The van der Waals surface area contributed by atoms with Crippen LogP contribution in [0.4, 0.5) is 0 Å². The van der Waals surface area contributed by atoms with Crippen molar-refractivity contribution in [1.82, 2.24) is 0 Å². The first-order chi connectivity index (χ1) is 8.75. The maximum atomic E-state index is 6.26. The SMILES string of the molecule is Clc1ccccc1C(Br)c1ccc2c(c1)CCC2. The Bertz CT molecular complexity index is 577. The van der Waals surface area contributed by atoms with E-state index in [9.17, 15) is 0 Å². The number of alkyl halides is 1. The van der Waals surface area contributed by atoms with Crippen LogP contribution in [0.2, 0.25) is 5.02 Å². The molecule has 0 aliphatic heterocycles. The highest BCUT2D eigenvalue weighted by Gasteiger charge is 2.17. The lowest BCUT2D eigenvalue weighted by Gasteiger charge is -2.13. The van der Waals surface area contributed by atoms with Crippen LogP contribution in [0.15, 0.2) is 42.5 Å². The van der Waals surface area contributed by atoms with Crippen LogP contribution in [-0.4, -0.2) is 0 Å². The van der Waals surface area contributed by atoms with Gasteiger partial charge in [-0.25, -0.2) is 0 Å². The van der Waals surface area contributed by atoms with Crippen molar-refractivity contribution in [2.24, 2.45) is 0 Å². The number of fused-ring (bicyclic) bond motifs is 1. The zero-order chi connectivity index (χ0) is 12.5. The highest BCUT2D eigenvalue weighted by Crippen LogP contribution is 2.36. The normalized spacial score (nSPS) is 15.4. The number of hydrogen-bond acceptors (Lipinski definition) is 0. The predicted molar refractivity (Wildman–Crippen MR) is 80.7 cm³/mol. The van der Waals surface area contributed by atoms with Gasteiger partial charge in [-0.15, -0.1) is 0 Å². The number of halogens is 2. The van der Waals surface area contributed by atoms with Gasteiger partial charge in [0, 0.05) is 5.02 Å². The van der Waals surface area contributed by atoms with Gasteiger partial charge in [0.1, 0.15) is 0 Å². The second kappa shape index (κ2) is 5.07. The van der Waals surface area contributed by atoms with Gasteiger partial charge < -0.3 is 0 Å². The number of aryl methyl sites for hydroxylation is 2. The van der Waals surface area contributed by atoms with Crippen LogP contribution in [0, 0.1) is 0 Å². The summed E-state index contributed by atoms with van der Waals surface area (Å²) >= 11 is 10.0. The third-order valence-electron chi connectivity index (χ3n) is 3.59. The predicted octanol–water partition coefficient (Wildman–Crippen LogP) is 5.31. The lowest BCUT2D eigenvalue weighted by molar-refractivity contribution is 0.911. The summed E-state index contributed by atoms with van der Waals surface area (Å²) in [5, 5.41) is 0.819. The van der Waals surface area contributed by atoms with Crippen LogP contribution < -0.4 is 0 Å². The Morgan fingerprint density at radius 1 is 1.00 bits per heavy atom. The number of hydrogen-bond donors (Lipinski definition) is 0. The van der Waals surface area contributed by atoms with Crippen molar-refractivity contribution in [2.45, 2.75) is 24.1 Å². The van der Waals surface area contributed by atoms with Gasteiger partial charge in [0.25, 0.3) is 0 Å². The molecular weight excluding hydrogens is 308 g/mol. The number of rotatable bonds is 2. The fourth-order valence-electron chi connectivity index (χ4n) is 2.61. The first-order valence-electron chi connectivity index (χ1n) is 6.26. The molecule has 2 aromatic carbocycles. The minimum absolute atomic E-state index is 0.178. The molecule has 0 heterocycles. The molecule has 2 heteroatoms. The van der Waals surface area contributed by atoms with Gasteiger partial charge >= 0.3 is 0 Å². The van der Waals surface area contributed by atoms with Crippen LogP contribution >= 0.6 is 27.5 Å². The number of benzene rings is 2. The summed E-state index contributed by atoms with van der Waals surface area (Å²) in [4.78, 5) is 0.178. The van der Waals surface area contributed by atoms with Gasteiger partial charge in [-0.3, -0.25) is 0 Å². The van der Waals surface area contributed by atoms with Crippen molar-refractivity contribution in [3.63, 3.8) is 0 Å². The molecule has 0 N–H and O–H groups in total. The Labute approximate surface area is 121 Å². The highest BCUT2D eigenvalue weighted by molar-refractivity contribution is 9.09. The van der Waals surface area contributed by atoms with Crippen molar-refractivity contribution in [3.05, 3.63) is 69.7 Å². The first kappa shape index (κ1) is 12.3. The molecule has 18 heavy (non-hydrogen) atoms. The van der Waals surface area contributed by atoms with Gasteiger partial charge in [0.05, 0.1) is 4.83 Å². The molecular formula is C16H14BrCl. The third kappa shape index (κ3) is 2.22. The summed E-state index contributed by atoms with van der Waals surface area (Å²) in [6.45, 7) is 0. The molecule has 92 valence electrons. The molecule has 2 aromatic rings. The van der Waals surface area contributed by atoms with E-state index in [1.54, 1.807) is 0 Å². The largest absolute Gasteiger partial charge is 0.0840 e. The molecule has 0 saturated heterocycles. The zero-order valence-electron chi connectivity index (χ0n) is 10.00. The minimum Gasteiger partial charge on any atom is -0.0840 e. The van der Waals surface area contributed by atoms with Crippen molar-refractivity contribution in [1.29, 1.82) is 0 Å². The van der Waals surface area contributed by atoms with Crippen LogP contribution in [-0.2, 0) is 12.8 Å². The van der Waals surface area contributed by atoms with Crippen LogP contribution in [0.5, 0.6) is 0 Å². The molecule has 0 bridgehead atoms. The molecule has 1 atom stereocenters. The van der Waals surface area contributed by atoms with Crippen LogP contribution in [0.1, 0.15) is 33.5 Å². The third-order valence-corrected chi connectivity index (χ3v) is 4.96. The molecule has 0 radical (unpaired) electrons. The van der Waals surface area contributed by atoms with Gasteiger partial charge in [-0.1, -0.05) is 63.9 Å². The molecule has 3 rings (SSSR count). The van der Waals surface area contributed by atoms with Crippen molar-refractivity contribution < 1.29 is 0 Å². The average molecular weight is 322 g/mol. The Balaban J connectivity index is 1.98. The molecule has 1 aliphatic carbocycles. The Morgan fingerprint density at radius 2 is 1.78 bits per heavy atom. The van der Waals surface area contributed by atoms with Gasteiger partial charge in [-0.2, -0.15) is 0 Å². The minimum atomic E-state index is 0.178. The van der Waals surface area contributed by atoms with E-state index in [1.165, 1.54) is 36.0 Å². The molecule has 0 aromatic heterocycles. The first-order valence-corrected chi connectivity index (χ1v) is 7.55. The second-order valence-electron chi connectivity index (χ2n) is 4.77. The van der Waals surface area contributed by atoms with E-state index >= 15 is 0 Å². The van der Waals surface area contributed by atoms with Gasteiger partial charge in [0.15, 0.2) is 0 Å². The molecule has 0 amide bonds. The van der Waals surface area contributed by atoms with E-state index in [2.05, 4.69) is 40.2 Å². The topological polar surface area (TPSA) is 0 Å². The van der Waals surface area contributed by atoms with E-state index in [-0.39, 0.29) is 4.83 Å². The summed E-state index contributed by atoms with van der Waals surface area (Å²) < 4.78 is 0. The lowest BCUT2D eigenvalue weighted by Crippen LogP contribution is -1.95. The van der Waals surface area contributed by atoms with Crippen molar-refractivity contribution in [3.8, 4) is 0 Å². The molecule has 1 aliphatic rings. The van der Waals surface area contributed by atoms with E-state index < -0.39 is 0 Å². The molecule has 0 saturated carbocycles.